The summed E-state index contributed by atoms with van der Waals surface area (Å²) in [6.45, 7) is 6.06. The number of aromatic nitrogens is 2. The lowest BCUT2D eigenvalue weighted by Crippen LogP contribution is -2.41. The number of carbonyl (C=O) groups excluding carboxylic acids is 1. The quantitative estimate of drug-likeness (QED) is 0.331. The van der Waals surface area contributed by atoms with Crippen LogP contribution in [0.2, 0.25) is 0 Å². The Balaban J connectivity index is 2.02. The van der Waals surface area contributed by atoms with E-state index >= 15 is 0 Å². The Morgan fingerprint density at radius 3 is 2.44 bits per heavy atom. The molecule has 7 nitrogen and oxygen atoms in total. The topological polar surface area (TPSA) is 90.5 Å². The molecule has 1 aromatic heterocycles. The maximum absolute atomic E-state index is 14.0. The number of rotatable bonds is 14. The van der Waals surface area contributed by atoms with Crippen LogP contribution in [-0.4, -0.2) is 47.2 Å². The Morgan fingerprint density at radius 1 is 1.06 bits per heavy atom. The molecule has 0 spiro atoms. The molecule has 3 rings (SSSR count). The number of methoxy groups -OCH3 is 1. The summed E-state index contributed by atoms with van der Waals surface area (Å²) in [6.07, 6.45) is 4.58. The molecule has 2 atom stereocenters. The molecule has 0 aliphatic carbocycles. The highest BCUT2D eigenvalue weighted by molar-refractivity contribution is 5.84. The Labute approximate surface area is 214 Å². The SMILES string of the molecule is CCC(C(=O)N(CCCCCCN)C(C)c1nc2ccccc2c(=O)n1CCOC)c1ccccc1. The van der Waals surface area contributed by atoms with Gasteiger partial charge < -0.3 is 15.4 Å². The molecule has 0 saturated heterocycles. The van der Waals surface area contributed by atoms with Gasteiger partial charge in [0.25, 0.3) is 5.56 Å². The molecule has 7 heteroatoms. The first-order chi connectivity index (χ1) is 17.5. The molecule has 1 heterocycles. The summed E-state index contributed by atoms with van der Waals surface area (Å²) in [5.74, 6) is 0.405. The third-order valence-electron chi connectivity index (χ3n) is 6.80. The fourth-order valence-corrected chi connectivity index (χ4v) is 4.76. The van der Waals surface area contributed by atoms with Gasteiger partial charge >= 0.3 is 0 Å². The van der Waals surface area contributed by atoms with Crippen molar-refractivity contribution in [3.05, 3.63) is 76.3 Å². The zero-order chi connectivity index (χ0) is 25.9. The fraction of sp³-hybridized carbons (Fsp3) is 0.483. The molecule has 194 valence electrons. The first kappa shape index (κ1) is 27.6. The maximum atomic E-state index is 14.0. The van der Waals surface area contributed by atoms with Crippen molar-refractivity contribution in [3.63, 3.8) is 0 Å². The zero-order valence-corrected chi connectivity index (χ0v) is 21.9. The average Bonchev–Trinajstić information content (AvgIpc) is 2.91. The van der Waals surface area contributed by atoms with E-state index in [1.165, 1.54) is 0 Å². The van der Waals surface area contributed by atoms with Gasteiger partial charge in [-0.1, -0.05) is 62.2 Å². The molecule has 0 fully saturated rings. The van der Waals surface area contributed by atoms with E-state index in [0.717, 1.165) is 31.2 Å². The van der Waals surface area contributed by atoms with Crippen LogP contribution in [-0.2, 0) is 16.1 Å². The lowest BCUT2D eigenvalue weighted by Gasteiger charge is -2.33. The summed E-state index contributed by atoms with van der Waals surface area (Å²) in [4.78, 5) is 34.3. The molecule has 0 saturated carbocycles. The molecule has 36 heavy (non-hydrogen) atoms. The average molecular weight is 493 g/mol. The van der Waals surface area contributed by atoms with Crippen molar-refractivity contribution in [2.24, 2.45) is 5.73 Å². The van der Waals surface area contributed by atoms with Crippen LogP contribution in [0.5, 0.6) is 0 Å². The van der Waals surface area contributed by atoms with E-state index in [9.17, 15) is 9.59 Å². The molecule has 0 aliphatic heterocycles. The second-order valence-corrected chi connectivity index (χ2v) is 9.22. The summed E-state index contributed by atoms with van der Waals surface area (Å²) < 4.78 is 6.97. The minimum Gasteiger partial charge on any atom is -0.383 e. The molecular weight excluding hydrogens is 452 g/mol. The van der Waals surface area contributed by atoms with E-state index in [0.29, 0.717) is 49.4 Å². The van der Waals surface area contributed by atoms with Crippen LogP contribution in [0.25, 0.3) is 10.9 Å². The largest absolute Gasteiger partial charge is 0.383 e. The van der Waals surface area contributed by atoms with Crippen LogP contribution in [0, 0.1) is 0 Å². The third-order valence-corrected chi connectivity index (χ3v) is 6.80. The van der Waals surface area contributed by atoms with Gasteiger partial charge in [-0.15, -0.1) is 0 Å². The highest BCUT2D eigenvalue weighted by Crippen LogP contribution is 2.28. The summed E-state index contributed by atoms with van der Waals surface area (Å²) in [6, 6.07) is 16.9. The van der Waals surface area contributed by atoms with E-state index in [-0.39, 0.29) is 23.4 Å². The number of unbranched alkanes of at least 4 members (excludes halogenated alkanes) is 3. The number of hydrogen-bond acceptors (Lipinski definition) is 5. The molecule has 1 amide bonds. The van der Waals surface area contributed by atoms with Gasteiger partial charge in [-0.3, -0.25) is 14.2 Å². The number of nitrogens with zero attached hydrogens (tertiary/aromatic N) is 3. The summed E-state index contributed by atoms with van der Waals surface area (Å²) >= 11 is 0. The van der Waals surface area contributed by atoms with Crippen LogP contribution in [0.15, 0.2) is 59.4 Å². The number of para-hydroxylation sites is 1. The van der Waals surface area contributed by atoms with E-state index in [1.54, 1.807) is 17.7 Å². The van der Waals surface area contributed by atoms with Crippen LogP contribution in [0.3, 0.4) is 0 Å². The number of ether oxygens (including phenoxy) is 1. The van der Waals surface area contributed by atoms with Gasteiger partial charge in [-0.25, -0.2) is 4.98 Å². The van der Waals surface area contributed by atoms with E-state index < -0.39 is 0 Å². The number of benzene rings is 2. The predicted octanol–water partition coefficient (Wildman–Crippen LogP) is 4.65. The Morgan fingerprint density at radius 2 is 1.75 bits per heavy atom. The highest BCUT2D eigenvalue weighted by atomic mass is 16.5. The number of amides is 1. The van der Waals surface area contributed by atoms with Gasteiger partial charge in [-0.05, 0) is 50.4 Å². The van der Waals surface area contributed by atoms with Crippen molar-refractivity contribution in [1.82, 2.24) is 14.5 Å². The molecule has 0 aliphatic rings. The minimum atomic E-state index is -0.376. The second-order valence-electron chi connectivity index (χ2n) is 9.22. The standard InChI is InChI=1S/C29H40N4O3/c1-4-24(23-14-8-7-9-15-23)28(34)32(19-13-6-5-12-18-30)22(2)27-31-26-17-11-10-16-25(26)29(35)33(27)20-21-36-3/h7-11,14-17,22,24H,4-6,12-13,18-21,30H2,1-3H3. The summed E-state index contributed by atoms with van der Waals surface area (Å²) in [5, 5.41) is 0.569. The normalized spacial score (nSPS) is 13.0. The first-order valence-electron chi connectivity index (χ1n) is 13.1. The lowest BCUT2D eigenvalue weighted by molar-refractivity contribution is -0.135. The van der Waals surface area contributed by atoms with Crippen molar-refractivity contribution in [2.45, 2.75) is 64.5 Å². The van der Waals surface area contributed by atoms with Crippen molar-refractivity contribution in [3.8, 4) is 0 Å². The summed E-state index contributed by atoms with van der Waals surface area (Å²) in [5.41, 5.74) is 7.21. The molecule has 2 aromatic carbocycles. The number of nitrogens with two attached hydrogens (primary N) is 1. The van der Waals surface area contributed by atoms with Gasteiger partial charge in [0.2, 0.25) is 5.91 Å². The van der Waals surface area contributed by atoms with Gasteiger partial charge in [0.15, 0.2) is 0 Å². The monoisotopic (exact) mass is 492 g/mol. The van der Waals surface area contributed by atoms with Crippen LogP contribution >= 0.6 is 0 Å². The van der Waals surface area contributed by atoms with E-state index in [2.05, 4.69) is 0 Å². The molecule has 0 bridgehead atoms. The molecule has 3 aromatic rings. The second kappa shape index (κ2) is 13.9. The number of carbonyl (C=O) groups is 1. The lowest BCUT2D eigenvalue weighted by atomic mass is 9.94. The third kappa shape index (κ3) is 6.59. The molecule has 2 N–H and O–H groups in total. The van der Waals surface area contributed by atoms with Gasteiger partial charge in [0, 0.05) is 13.7 Å². The van der Waals surface area contributed by atoms with Crippen LogP contribution in [0.1, 0.15) is 69.3 Å². The zero-order valence-electron chi connectivity index (χ0n) is 21.9. The predicted molar refractivity (Wildman–Crippen MR) is 145 cm³/mol. The van der Waals surface area contributed by atoms with Crippen molar-refractivity contribution >= 4 is 16.8 Å². The fourth-order valence-electron chi connectivity index (χ4n) is 4.76. The van der Waals surface area contributed by atoms with Crippen molar-refractivity contribution in [2.75, 3.05) is 26.8 Å². The van der Waals surface area contributed by atoms with E-state index in [1.807, 2.05) is 67.3 Å². The highest BCUT2D eigenvalue weighted by Gasteiger charge is 2.30. The first-order valence-corrected chi connectivity index (χ1v) is 13.1. The molecular formula is C29H40N4O3. The molecule has 2 unspecified atom stereocenters. The van der Waals surface area contributed by atoms with Crippen molar-refractivity contribution in [1.29, 1.82) is 0 Å². The Hall–Kier alpha value is -3.03. The Bertz CT molecular complexity index is 1160. The molecule has 0 radical (unpaired) electrons. The number of fused-ring (bicyclic) bond motifs is 1. The van der Waals surface area contributed by atoms with Gasteiger partial charge in [0.1, 0.15) is 5.82 Å². The van der Waals surface area contributed by atoms with Crippen LogP contribution < -0.4 is 11.3 Å². The van der Waals surface area contributed by atoms with E-state index in [4.69, 9.17) is 15.5 Å². The van der Waals surface area contributed by atoms with Crippen LogP contribution in [0.4, 0.5) is 0 Å². The van der Waals surface area contributed by atoms with Crippen molar-refractivity contribution < 1.29 is 9.53 Å². The number of hydrogen-bond donors (Lipinski definition) is 1. The minimum absolute atomic E-state index is 0.0655. The smallest absolute Gasteiger partial charge is 0.261 e. The maximum Gasteiger partial charge on any atom is 0.261 e. The van der Waals surface area contributed by atoms with Gasteiger partial charge in [-0.2, -0.15) is 0 Å². The van der Waals surface area contributed by atoms with Gasteiger partial charge in [0.05, 0.1) is 36.0 Å². The summed E-state index contributed by atoms with van der Waals surface area (Å²) in [7, 11) is 1.62. The Kier molecular flexibility index (Phi) is 10.6.